The van der Waals surface area contributed by atoms with E-state index in [0.717, 1.165) is 36.0 Å². The fraction of sp³-hybridized carbons (Fsp3) is 0.818. The van der Waals surface area contributed by atoms with Gasteiger partial charge in [-0.3, -0.25) is 0 Å². The highest BCUT2D eigenvalue weighted by Gasteiger charge is 2.30. The Morgan fingerprint density at radius 1 is 0.588 bits per heavy atom. The van der Waals surface area contributed by atoms with Gasteiger partial charge in [-0.05, 0) is 86.3 Å². The Kier molecular flexibility index (Phi) is 13.5. The first-order valence-electron chi connectivity index (χ1n) is 15.5. The average Bonchev–Trinajstić information content (AvgIpc) is 2.89. The third-order valence-corrected chi connectivity index (χ3v) is 9.20. The van der Waals surface area contributed by atoms with Crippen molar-refractivity contribution in [2.24, 2.45) is 23.7 Å². The van der Waals surface area contributed by atoms with Crippen LogP contribution in [0.5, 0.6) is 5.75 Å². The van der Waals surface area contributed by atoms with Crippen LogP contribution in [0.3, 0.4) is 0 Å². The Balaban J connectivity index is 1.23. The zero-order valence-corrected chi connectivity index (χ0v) is 22.9. The lowest BCUT2D eigenvalue weighted by Gasteiger charge is -2.38. The van der Waals surface area contributed by atoms with Gasteiger partial charge in [0, 0.05) is 0 Å². The Morgan fingerprint density at radius 3 is 1.71 bits per heavy atom. The SMILES string of the molecule is CCCCCCCCCOc1ccc(CC[C@H]2CC[C@H]([C@H]3CC[C@H](CCCC)CC3)CC2)cc1. The van der Waals surface area contributed by atoms with Crippen molar-refractivity contribution in [2.75, 3.05) is 6.61 Å². The van der Waals surface area contributed by atoms with Crippen molar-refractivity contribution in [3.8, 4) is 5.75 Å². The summed E-state index contributed by atoms with van der Waals surface area (Å²) in [5.41, 5.74) is 1.50. The fourth-order valence-corrected chi connectivity index (χ4v) is 6.76. The normalized spacial score (nSPS) is 25.4. The van der Waals surface area contributed by atoms with Gasteiger partial charge in [-0.25, -0.2) is 0 Å². The highest BCUT2D eigenvalue weighted by atomic mass is 16.5. The molecular weight excluding hydrogens is 412 g/mol. The topological polar surface area (TPSA) is 9.23 Å². The number of hydrogen-bond acceptors (Lipinski definition) is 1. The summed E-state index contributed by atoms with van der Waals surface area (Å²) in [5.74, 6) is 5.19. The zero-order chi connectivity index (χ0) is 23.8. The summed E-state index contributed by atoms with van der Waals surface area (Å²) in [7, 11) is 0. The van der Waals surface area contributed by atoms with Crippen LogP contribution in [0.4, 0.5) is 0 Å². The molecule has 3 rings (SSSR count). The molecule has 2 fully saturated rings. The largest absolute Gasteiger partial charge is 0.494 e. The van der Waals surface area contributed by atoms with Crippen molar-refractivity contribution >= 4 is 0 Å². The van der Waals surface area contributed by atoms with Crippen molar-refractivity contribution in [2.45, 2.75) is 142 Å². The third-order valence-electron chi connectivity index (χ3n) is 9.20. The Morgan fingerprint density at radius 2 is 1.12 bits per heavy atom. The molecule has 0 N–H and O–H groups in total. The molecular formula is C33H56O. The van der Waals surface area contributed by atoms with Crippen LogP contribution in [0, 0.1) is 23.7 Å². The lowest BCUT2D eigenvalue weighted by molar-refractivity contribution is 0.140. The first-order valence-corrected chi connectivity index (χ1v) is 15.5. The smallest absolute Gasteiger partial charge is 0.119 e. The molecule has 0 saturated heterocycles. The van der Waals surface area contributed by atoms with Gasteiger partial charge in [-0.2, -0.15) is 0 Å². The maximum atomic E-state index is 5.98. The second kappa shape index (κ2) is 16.6. The van der Waals surface area contributed by atoms with E-state index >= 15 is 0 Å². The molecule has 0 heterocycles. The summed E-state index contributed by atoms with van der Waals surface area (Å²) >= 11 is 0. The van der Waals surface area contributed by atoms with Crippen molar-refractivity contribution in [1.29, 1.82) is 0 Å². The van der Waals surface area contributed by atoms with E-state index in [9.17, 15) is 0 Å². The van der Waals surface area contributed by atoms with Gasteiger partial charge >= 0.3 is 0 Å². The van der Waals surface area contributed by atoms with Gasteiger partial charge < -0.3 is 4.74 Å². The van der Waals surface area contributed by atoms with Crippen molar-refractivity contribution in [1.82, 2.24) is 0 Å². The molecule has 0 unspecified atom stereocenters. The van der Waals surface area contributed by atoms with Crippen LogP contribution in [-0.4, -0.2) is 6.61 Å². The van der Waals surface area contributed by atoms with Crippen molar-refractivity contribution < 1.29 is 4.74 Å². The van der Waals surface area contributed by atoms with Gasteiger partial charge in [0.2, 0.25) is 0 Å². The van der Waals surface area contributed by atoms with E-state index in [-0.39, 0.29) is 0 Å². The highest BCUT2D eigenvalue weighted by molar-refractivity contribution is 5.27. The van der Waals surface area contributed by atoms with Crippen LogP contribution in [0.25, 0.3) is 0 Å². The summed E-state index contributed by atoms with van der Waals surface area (Å²) in [6.07, 6.45) is 28.5. The standard InChI is InChI=1S/C33H56O/c1-3-5-7-8-9-10-11-27-34-33-25-19-30(20-26-33)14-13-29-17-23-32(24-18-29)31-21-15-28(16-22-31)12-6-4-2/h19-20,25-26,28-29,31-32H,3-18,21-24,27H2,1-2H3/t28-,29-,31-,32-. The monoisotopic (exact) mass is 468 g/mol. The van der Waals surface area contributed by atoms with Crippen LogP contribution >= 0.6 is 0 Å². The molecule has 0 aliphatic heterocycles. The molecule has 1 aromatic rings. The van der Waals surface area contributed by atoms with E-state index in [1.54, 1.807) is 0 Å². The van der Waals surface area contributed by atoms with Gasteiger partial charge in [0.25, 0.3) is 0 Å². The molecule has 34 heavy (non-hydrogen) atoms. The molecule has 2 aliphatic carbocycles. The molecule has 0 spiro atoms. The molecule has 1 nitrogen and oxygen atoms in total. The van der Waals surface area contributed by atoms with Crippen LogP contribution in [0.15, 0.2) is 24.3 Å². The average molecular weight is 469 g/mol. The number of aryl methyl sites for hydroxylation is 1. The van der Waals surface area contributed by atoms with Gasteiger partial charge in [-0.15, -0.1) is 0 Å². The minimum atomic E-state index is 0.872. The quantitative estimate of drug-likeness (QED) is 0.219. The first kappa shape index (κ1) is 27.6. The summed E-state index contributed by atoms with van der Waals surface area (Å²) < 4.78 is 5.98. The number of unbranched alkanes of at least 4 members (excludes halogenated alkanes) is 7. The minimum Gasteiger partial charge on any atom is -0.494 e. The molecule has 0 amide bonds. The maximum Gasteiger partial charge on any atom is 0.119 e. The fourth-order valence-electron chi connectivity index (χ4n) is 6.76. The van der Waals surface area contributed by atoms with Gasteiger partial charge in [0.15, 0.2) is 0 Å². The van der Waals surface area contributed by atoms with Crippen molar-refractivity contribution in [3.05, 3.63) is 29.8 Å². The second-order valence-electron chi connectivity index (χ2n) is 11.9. The predicted molar refractivity (Wildman–Crippen MR) is 149 cm³/mol. The van der Waals surface area contributed by atoms with E-state index in [1.807, 2.05) is 0 Å². The van der Waals surface area contributed by atoms with E-state index in [1.165, 1.54) is 134 Å². The number of benzene rings is 1. The second-order valence-corrected chi connectivity index (χ2v) is 11.9. The highest BCUT2D eigenvalue weighted by Crippen LogP contribution is 2.43. The van der Waals surface area contributed by atoms with Crippen LogP contribution in [-0.2, 0) is 6.42 Å². The summed E-state index contributed by atoms with van der Waals surface area (Å²) in [4.78, 5) is 0. The van der Waals surface area contributed by atoms with E-state index < -0.39 is 0 Å². The molecule has 1 aromatic carbocycles. The number of rotatable bonds is 16. The number of ether oxygens (including phenoxy) is 1. The Hall–Kier alpha value is -0.980. The molecule has 0 aromatic heterocycles. The maximum absolute atomic E-state index is 5.98. The Labute approximate surface area is 212 Å². The first-order chi connectivity index (χ1) is 16.8. The van der Waals surface area contributed by atoms with Gasteiger partial charge in [0.05, 0.1) is 6.61 Å². The molecule has 0 atom stereocenters. The van der Waals surface area contributed by atoms with Crippen LogP contribution in [0.2, 0.25) is 0 Å². The summed E-state index contributed by atoms with van der Waals surface area (Å²) in [5, 5.41) is 0. The predicted octanol–water partition coefficient (Wildman–Crippen LogP) is 10.6. The molecule has 0 radical (unpaired) electrons. The van der Waals surface area contributed by atoms with Crippen LogP contribution < -0.4 is 4.74 Å². The summed E-state index contributed by atoms with van der Waals surface area (Å²) in [6.45, 7) is 5.49. The lowest BCUT2D eigenvalue weighted by atomic mass is 9.68. The zero-order valence-electron chi connectivity index (χ0n) is 22.9. The van der Waals surface area contributed by atoms with E-state index in [2.05, 4.69) is 38.1 Å². The van der Waals surface area contributed by atoms with Crippen molar-refractivity contribution in [3.63, 3.8) is 0 Å². The van der Waals surface area contributed by atoms with Gasteiger partial charge in [0.1, 0.15) is 5.75 Å². The Bertz CT molecular complexity index is 604. The lowest BCUT2D eigenvalue weighted by Crippen LogP contribution is -2.26. The summed E-state index contributed by atoms with van der Waals surface area (Å²) in [6, 6.07) is 9.01. The minimum absolute atomic E-state index is 0.872. The molecule has 2 aliphatic rings. The molecule has 194 valence electrons. The van der Waals surface area contributed by atoms with Crippen LogP contribution in [0.1, 0.15) is 141 Å². The molecule has 2 saturated carbocycles. The number of hydrogen-bond donors (Lipinski definition) is 0. The third kappa shape index (κ3) is 10.3. The van der Waals surface area contributed by atoms with E-state index in [4.69, 9.17) is 4.74 Å². The molecule has 0 bridgehead atoms. The molecule has 1 heteroatoms. The van der Waals surface area contributed by atoms with Gasteiger partial charge in [-0.1, -0.05) is 109 Å². The van der Waals surface area contributed by atoms with E-state index in [0.29, 0.717) is 0 Å².